The molecule has 1 N–H and O–H groups in total. The molecule has 0 spiro atoms. The van der Waals surface area contributed by atoms with Crippen molar-refractivity contribution >= 4 is 11.6 Å². The Balaban J connectivity index is 1.76. The fourth-order valence-electron chi connectivity index (χ4n) is 2.74. The molecule has 0 amide bonds. The standard InChI is InChI=1S/C15H19ClFNO/c16-13-5-1-4-12(14(13)17)15-10(3-2-8-19-15)9-18-11-6-7-11/h1,4-5,10-11,15,18H,2-3,6-9H2. The fourth-order valence-corrected chi connectivity index (χ4v) is 2.92. The Morgan fingerprint density at radius 3 is 2.95 bits per heavy atom. The molecule has 1 aliphatic carbocycles. The topological polar surface area (TPSA) is 21.3 Å². The second-order valence-electron chi connectivity index (χ2n) is 5.52. The summed E-state index contributed by atoms with van der Waals surface area (Å²) in [6.07, 6.45) is 4.50. The number of nitrogens with one attached hydrogen (secondary N) is 1. The van der Waals surface area contributed by atoms with E-state index in [0.717, 1.165) is 19.4 Å². The van der Waals surface area contributed by atoms with E-state index in [9.17, 15) is 4.39 Å². The molecule has 0 radical (unpaired) electrons. The fraction of sp³-hybridized carbons (Fsp3) is 0.600. The van der Waals surface area contributed by atoms with Crippen LogP contribution in [0, 0.1) is 11.7 Å². The number of ether oxygens (including phenoxy) is 1. The van der Waals surface area contributed by atoms with Gasteiger partial charge < -0.3 is 10.1 Å². The Labute approximate surface area is 118 Å². The minimum absolute atomic E-state index is 0.168. The molecule has 2 nitrogen and oxygen atoms in total. The second kappa shape index (κ2) is 5.78. The smallest absolute Gasteiger partial charge is 0.147 e. The highest BCUT2D eigenvalue weighted by Crippen LogP contribution is 2.36. The van der Waals surface area contributed by atoms with Gasteiger partial charge in [0.05, 0.1) is 11.1 Å². The summed E-state index contributed by atoms with van der Waals surface area (Å²) in [5.41, 5.74) is 0.606. The molecular formula is C15H19ClFNO. The highest BCUT2D eigenvalue weighted by molar-refractivity contribution is 6.30. The minimum atomic E-state index is -0.326. The summed E-state index contributed by atoms with van der Waals surface area (Å²) >= 11 is 5.87. The molecular weight excluding hydrogens is 265 g/mol. The molecule has 19 heavy (non-hydrogen) atoms. The summed E-state index contributed by atoms with van der Waals surface area (Å²) in [7, 11) is 0. The molecule has 1 aromatic carbocycles. The van der Waals surface area contributed by atoms with Crippen LogP contribution in [0.1, 0.15) is 37.4 Å². The first-order valence-electron chi connectivity index (χ1n) is 7.04. The van der Waals surface area contributed by atoms with Crippen LogP contribution in [-0.2, 0) is 4.74 Å². The molecule has 2 unspecified atom stereocenters. The zero-order chi connectivity index (χ0) is 13.2. The monoisotopic (exact) mass is 283 g/mol. The van der Waals surface area contributed by atoms with Gasteiger partial charge in [0.2, 0.25) is 0 Å². The summed E-state index contributed by atoms with van der Waals surface area (Å²) in [6, 6.07) is 5.85. The van der Waals surface area contributed by atoms with E-state index in [-0.39, 0.29) is 16.9 Å². The van der Waals surface area contributed by atoms with Crippen molar-refractivity contribution in [3.8, 4) is 0 Å². The molecule has 0 bridgehead atoms. The SMILES string of the molecule is Fc1c(Cl)cccc1C1OCCCC1CNC1CC1. The van der Waals surface area contributed by atoms with Crippen LogP contribution in [0.5, 0.6) is 0 Å². The summed E-state index contributed by atoms with van der Waals surface area (Å²) in [5.74, 6) is 0.00908. The largest absolute Gasteiger partial charge is 0.373 e. The van der Waals surface area contributed by atoms with Crippen LogP contribution in [0.2, 0.25) is 5.02 Å². The van der Waals surface area contributed by atoms with E-state index in [2.05, 4.69) is 5.32 Å². The van der Waals surface area contributed by atoms with Crippen LogP contribution in [0.4, 0.5) is 4.39 Å². The Kier molecular flexibility index (Phi) is 4.06. The van der Waals surface area contributed by atoms with Crippen LogP contribution < -0.4 is 5.32 Å². The Morgan fingerprint density at radius 2 is 2.16 bits per heavy atom. The van der Waals surface area contributed by atoms with E-state index in [1.54, 1.807) is 18.2 Å². The van der Waals surface area contributed by atoms with Crippen LogP contribution in [-0.4, -0.2) is 19.2 Å². The van der Waals surface area contributed by atoms with E-state index in [1.807, 2.05) is 0 Å². The third-order valence-corrected chi connectivity index (χ3v) is 4.27. The molecule has 1 heterocycles. The highest BCUT2D eigenvalue weighted by atomic mass is 35.5. The maximum absolute atomic E-state index is 14.1. The highest BCUT2D eigenvalue weighted by Gasteiger charge is 2.31. The number of hydrogen-bond acceptors (Lipinski definition) is 2. The Hall–Kier alpha value is -0.640. The molecule has 2 atom stereocenters. The number of hydrogen-bond donors (Lipinski definition) is 1. The van der Waals surface area contributed by atoms with Gasteiger partial charge in [-0.15, -0.1) is 0 Å². The first kappa shape index (κ1) is 13.3. The van der Waals surface area contributed by atoms with E-state index in [4.69, 9.17) is 16.3 Å². The van der Waals surface area contributed by atoms with E-state index in [1.165, 1.54) is 12.8 Å². The predicted molar refractivity (Wildman–Crippen MR) is 73.9 cm³/mol. The van der Waals surface area contributed by atoms with Crippen molar-refractivity contribution in [2.75, 3.05) is 13.2 Å². The summed E-state index contributed by atoms with van der Waals surface area (Å²) in [4.78, 5) is 0. The van der Waals surface area contributed by atoms with E-state index in [0.29, 0.717) is 24.1 Å². The Morgan fingerprint density at radius 1 is 1.32 bits per heavy atom. The normalized spacial score (nSPS) is 27.5. The number of benzene rings is 1. The summed E-state index contributed by atoms with van der Waals surface area (Å²) < 4.78 is 20.0. The molecule has 2 fully saturated rings. The van der Waals surface area contributed by atoms with Gasteiger partial charge in [0, 0.05) is 30.7 Å². The van der Waals surface area contributed by atoms with Gasteiger partial charge in [0.25, 0.3) is 0 Å². The van der Waals surface area contributed by atoms with Gasteiger partial charge in [-0.2, -0.15) is 0 Å². The van der Waals surface area contributed by atoms with Crippen LogP contribution in [0.15, 0.2) is 18.2 Å². The van der Waals surface area contributed by atoms with Crippen molar-refractivity contribution < 1.29 is 9.13 Å². The average molecular weight is 284 g/mol. The lowest BCUT2D eigenvalue weighted by atomic mass is 9.89. The second-order valence-corrected chi connectivity index (χ2v) is 5.93. The van der Waals surface area contributed by atoms with Gasteiger partial charge in [0.1, 0.15) is 5.82 Å². The van der Waals surface area contributed by atoms with Gasteiger partial charge >= 0.3 is 0 Å². The Bertz CT molecular complexity index is 450. The lowest BCUT2D eigenvalue weighted by Gasteiger charge is -2.32. The van der Waals surface area contributed by atoms with Gasteiger partial charge in [-0.3, -0.25) is 0 Å². The minimum Gasteiger partial charge on any atom is -0.373 e. The third-order valence-electron chi connectivity index (χ3n) is 3.98. The lowest BCUT2D eigenvalue weighted by molar-refractivity contribution is -0.0297. The molecule has 104 valence electrons. The van der Waals surface area contributed by atoms with Gasteiger partial charge in [-0.25, -0.2) is 4.39 Å². The van der Waals surface area contributed by atoms with Crippen molar-refractivity contribution in [1.82, 2.24) is 5.32 Å². The van der Waals surface area contributed by atoms with Crippen molar-refractivity contribution in [3.63, 3.8) is 0 Å². The van der Waals surface area contributed by atoms with Crippen molar-refractivity contribution in [3.05, 3.63) is 34.6 Å². The molecule has 1 saturated heterocycles. The predicted octanol–water partition coefficient (Wildman–Crippen LogP) is 3.70. The molecule has 1 saturated carbocycles. The van der Waals surface area contributed by atoms with Crippen LogP contribution in [0.25, 0.3) is 0 Å². The van der Waals surface area contributed by atoms with Gasteiger partial charge in [0.15, 0.2) is 0 Å². The first-order valence-corrected chi connectivity index (χ1v) is 7.42. The average Bonchev–Trinajstić information content (AvgIpc) is 3.24. The van der Waals surface area contributed by atoms with E-state index < -0.39 is 0 Å². The number of halogens is 2. The molecule has 4 heteroatoms. The van der Waals surface area contributed by atoms with Crippen molar-refractivity contribution in [2.24, 2.45) is 5.92 Å². The zero-order valence-electron chi connectivity index (χ0n) is 10.9. The zero-order valence-corrected chi connectivity index (χ0v) is 11.6. The molecule has 3 rings (SSSR count). The first-order chi connectivity index (χ1) is 9.25. The van der Waals surface area contributed by atoms with Crippen LogP contribution >= 0.6 is 11.6 Å². The maximum atomic E-state index is 14.1. The van der Waals surface area contributed by atoms with Gasteiger partial charge in [-0.1, -0.05) is 23.7 Å². The summed E-state index contributed by atoms with van der Waals surface area (Å²) in [6.45, 7) is 1.61. The van der Waals surface area contributed by atoms with E-state index >= 15 is 0 Å². The van der Waals surface area contributed by atoms with Crippen molar-refractivity contribution in [1.29, 1.82) is 0 Å². The molecule has 0 aromatic heterocycles. The van der Waals surface area contributed by atoms with Crippen molar-refractivity contribution in [2.45, 2.75) is 37.8 Å². The third kappa shape index (κ3) is 3.10. The quantitative estimate of drug-likeness (QED) is 0.910. The maximum Gasteiger partial charge on any atom is 0.147 e. The molecule has 1 aromatic rings. The number of rotatable bonds is 4. The van der Waals surface area contributed by atoms with Crippen LogP contribution in [0.3, 0.4) is 0 Å². The lowest BCUT2D eigenvalue weighted by Crippen LogP contribution is -2.33. The summed E-state index contributed by atoms with van der Waals surface area (Å²) in [5, 5.41) is 3.71. The molecule has 2 aliphatic rings. The molecule has 1 aliphatic heterocycles. The van der Waals surface area contributed by atoms with Gasteiger partial charge in [-0.05, 0) is 31.7 Å².